The minimum Gasteiger partial charge on any atom is -0.361 e. The van der Waals surface area contributed by atoms with E-state index in [1.807, 2.05) is 13.8 Å². The van der Waals surface area contributed by atoms with E-state index in [2.05, 4.69) is 5.16 Å². The Morgan fingerprint density at radius 2 is 2.04 bits per heavy atom. The Bertz CT molecular complexity index is 799. The van der Waals surface area contributed by atoms with E-state index in [4.69, 9.17) is 4.52 Å². The summed E-state index contributed by atoms with van der Waals surface area (Å²) in [5, 5.41) is 3.99. The van der Waals surface area contributed by atoms with Gasteiger partial charge in [-0.3, -0.25) is 0 Å². The molecule has 7 heteroatoms. The summed E-state index contributed by atoms with van der Waals surface area (Å²) < 4.78 is 45.7. The van der Waals surface area contributed by atoms with Gasteiger partial charge in [-0.1, -0.05) is 12.1 Å². The van der Waals surface area contributed by atoms with Crippen LogP contribution in [-0.2, 0) is 16.4 Å². The highest BCUT2D eigenvalue weighted by Crippen LogP contribution is 2.39. The van der Waals surface area contributed by atoms with Crippen molar-refractivity contribution in [3.63, 3.8) is 0 Å². The number of nitrogens with zero attached hydrogens (tertiary/aromatic N) is 2. The Labute approximate surface area is 135 Å². The molecule has 23 heavy (non-hydrogen) atoms. The third-order valence-corrected chi connectivity index (χ3v) is 6.18. The molecule has 1 aliphatic rings. The van der Waals surface area contributed by atoms with Crippen LogP contribution in [0.4, 0.5) is 4.39 Å². The highest BCUT2D eigenvalue weighted by molar-refractivity contribution is 7.89. The number of hydrogen-bond acceptors (Lipinski definition) is 4. The normalized spacial score (nSPS) is 19.3. The fraction of sp³-hybridized carbons (Fsp3) is 0.438. The molecule has 0 aliphatic carbocycles. The maximum atomic E-state index is 13.1. The van der Waals surface area contributed by atoms with E-state index in [0.717, 1.165) is 29.9 Å². The van der Waals surface area contributed by atoms with Crippen LogP contribution in [0.1, 0.15) is 42.8 Å². The Hall–Kier alpha value is -1.73. The summed E-state index contributed by atoms with van der Waals surface area (Å²) in [4.78, 5) is 0.109. The van der Waals surface area contributed by atoms with Crippen molar-refractivity contribution in [1.82, 2.24) is 9.46 Å². The Balaban J connectivity index is 2.01. The van der Waals surface area contributed by atoms with Gasteiger partial charge in [-0.15, -0.1) is 0 Å². The topological polar surface area (TPSA) is 63.4 Å². The van der Waals surface area contributed by atoms with E-state index in [1.54, 1.807) is 0 Å². The van der Waals surface area contributed by atoms with Crippen LogP contribution in [0.25, 0.3) is 0 Å². The molecule has 0 N–H and O–H groups in total. The predicted octanol–water partition coefficient (Wildman–Crippen LogP) is 3.21. The second-order valence-corrected chi connectivity index (χ2v) is 7.58. The number of sulfonamides is 1. The van der Waals surface area contributed by atoms with Gasteiger partial charge >= 0.3 is 0 Å². The van der Waals surface area contributed by atoms with E-state index in [1.165, 1.54) is 28.6 Å². The zero-order valence-corrected chi connectivity index (χ0v) is 13.9. The first-order chi connectivity index (χ1) is 10.9. The maximum absolute atomic E-state index is 13.1. The molecule has 3 rings (SSSR count). The number of aromatic nitrogens is 1. The van der Waals surface area contributed by atoms with Crippen LogP contribution in [0.2, 0.25) is 0 Å². The number of hydrogen-bond donors (Lipinski definition) is 0. The smallest absolute Gasteiger partial charge is 0.243 e. The molecule has 2 aromatic rings. The van der Waals surface area contributed by atoms with Gasteiger partial charge in [0.05, 0.1) is 16.6 Å². The van der Waals surface area contributed by atoms with Crippen LogP contribution in [0.15, 0.2) is 33.7 Å². The molecular formula is C16H19FN2O3S. The summed E-state index contributed by atoms with van der Waals surface area (Å²) in [5.74, 6) is 0.277. The molecule has 1 atom stereocenters. The largest absolute Gasteiger partial charge is 0.361 e. The molecule has 0 saturated carbocycles. The lowest BCUT2D eigenvalue weighted by molar-refractivity contribution is 0.368. The summed E-state index contributed by atoms with van der Waals surface area (Å²) in [7, 11) is -3.68. The van der Waals surface area contributed by atoms with Crippen molar-refractivity contribution >= 4 is 10.0 Å². The van der Waals surface area contributed by atoms with Gasteiger partial charge in [0.2, 0.25) is 10.0 Å². The van der Waals surface area contributed by atoms with E-state index in [9.17, 15) is 12.8 Å². The molecule has 0 radical (unpaired) electrons. The van der Waals surface area contributed by atoms with E-state index >= 15 is 0 Å². The van der Waals surface area contributed by atoms with Crippen LogP contribution < -0.4 is 0 Å². The first-order valence-electron chi connectivity index (χ1n) is 7.67. The van der Waals surface area contributed by atoms with Crippen molar-refractivity contribution in [2.75, 3.05) is 6.54 Å². The summed E-state index contributed by atoms with van der Waals surface area (Å²) in [6, 6.07) is 4.68. The third kappa shape index (κ3) is 2.79. The summed E-state index contributed by atoms with van der Waals surface area (Å²) in [6.45, 7) is 4.23. The lowest BCUT2D eigenvalue weighted by atomic mass is 10.0. The van der Waals surface area contributed by atoms with Crippen molar-refractivity contribution in [1.29, 1.82) is 0 Å². The van der Waals surface area contributed by atoms with Crippen molar-refractivity contribution in [3.05, 3.63) is 47.1 Å². The van der Waals surface area contributed by atoms with Gasteiger partial charge in [0.15, 0.2) is 0 Å². The van der Waals surface area contributed by atoms with Crippen LogP contribution in [0, 0.1) is 12.7 Å². The lowest BCUT2D eigenvalue weighted by Crippen LogP contribution is -2.31. The molecule has 5 nitrogen and oxygen atoms in total. The maximum Gasteiger partial charge on any atom is 0.243 e. The highest BCUT2D eigenvalue weighted by atomic mass is 32.2. The second-order valence-electron chi connectivity index (χ2n) is 5.69. The van der Waals surface area contributed by atoms with Crippen molar-refractivity contribution in [2.24, 2.45) is 0 Å². The fourth-order valence-corrected chi connectivity index (χ4v) is 4.83. The highest BCUT2D eigenvalue weighted by Gasteiger charge is 2.39. The second kappa shape index (κ2) is 6.05. The van der Waals surface area contributed by atoms with E-state index in [-0.39, 0.29) is 10.9 Å². The Morgan fingerprint density at radius 3 is 2.70 bits per heavy atom. The molecule has 1 saturated heterocycles. The Kier molecular flexibility index (Phi) is 4.25. The first-order valence-corrected chi connectivity index (χ1v) is 9.11. The van der Waals surface area contributed by atoms with Gasteiger partial charge in [-0.25, -0.2) is 12.8 Å². The summed E-state index contributed by atoms with van der Waals surface area (Å²) >= 11 is 0. The average Bonchev–Trinajstić information content (AvgIpc) is 3.13. The first kappa shape index (κ1) is 16.1. The molecule has 2 heterocycles. The average molecular weight is 338 g/mol. The van der Waals surface area contributed by atoms with E-state index in [0.29, 0.717) is 13.0 Å². The quantitative estimate of drug-likeness (QED) is 0.859. The van der Waals surface area contributed by atoms with Crippen molar-refractivity contribution < 1.29 is 17.3 Å². The van der Waals surface area contributed by atoms with Gasteiger partial charge in [-0.05, 0) is 44.0 Å². The van der Waals surface area contributed by atoms with Crippen LogP contribution in [0.3, 0.4) is 0 Å². The molecule has 1 aliphatic heterocycles. The summed E-state index contributed by atoms with van der Waals surface area (Å²) in [5.41, 5.74) is 1.60. The molecule has 1 unspecified atom stereocenters. The van der Waals surface area contributed by atoms with Gasteiger partial charge < -0.3 is 4.52 Å². The number of rotatable bonds is 4. The minimum absolute atomic E-state index is 0.109. The third-order valence-electron chi connectivity index (χ3n) is 4.26. The van der Waals surface area contributed by atoms with Crippen LogP contribution in [-0.4, -0.2) is 24.4 Å². The van der Waals surface area contributed by atoms with Gasteiger partial charge in [0.25, 0.3) is 0 Å². The molecule has 0 spiro atoms. The monoisotopic (exact) mass is 338 g/mol. The minimum atomic E-state index is -3.68. The van der Waals surface area contributed by atoms with Crippen LogP contribution >= 0.6 is 0 Å². The van der Waals surface area contributed by atoms with Crippen molar-refractivity contribution in [2.45, 2.75) is 44.0 Å². The SMILES string of the molecule is CCc1onc(C)c1C1CCCN1S(=O)(=O)c1ccc(F)cc1. The van der Waals surface area contributed by atoms with Crippen molar-refractivity contribution in [3.8, 4) is 0 Å². The fourth-order valence-electron chi connectivity index (χ4n) is 3.16. The Morgan fingerprint density at radius 1 is 1.35 bits per heavy atom. The molecular weight excluding hydrogens is 319 g/mol. The zero-order valence-electron chi connectivity index (χ0n) is 13.1. The number of aryl methyl sites for hydroxylation is 2. The molecule has 0 amide bonds. The van der Waals surface area contributed by atoms with Gasteiger partial charge in [-0.2, -0.15) is 4.31 Å². The zero-order chi connectivity index (χ0) is 16.6. The van der Waals surface area contributed by atoms with E-state index < -0.39 is 15.8 Å². The molecule has 1 aromatic carbocycles. The predicted molar refractivity (Wildman–Crippen MR) is 82.9 cm³/mol. The van der Waals surface area contributed by atoms with Gasteiger partial charge in [0, 0.05) is 18.5 Å². The van der Waals surface area contributed by atoms with Crippen LogP contribution in [0.5, 0.6) is 0 Å². The standard InChI is InChI=1S/C16H19FN2O3S/c1-3-15-16(11(2)18-22-15)14-5-4-10-19(14)23(20,21)13-8-6-12(17)7-9-13/h6-9,14H,3-5,10H2,1-2H3. The lowest BCUT2D eigenvalue weighted by Gasteiger charge is -2.24. The molecule has 1 aromatic heterocycles. The number of halogens is 1. The molecule has 0 bridgehead atoms. The summed E-state index contributed by atoms with van der Waals surface area (Å²) in [6.07, 6.45) is 2.17. The number of benzene rings is 1. The van der Waals surface area contributed by atoms with Gasteiger partial charge in [0.1, 0.15) is 11.6 Å². The molecule has 124 valence electrons. The molecule has 1 fully saturated rings.